The lowest BCUT2D eigenvalue weighted by molar-refractivity contribution is -0.116. The van der Waals surface area contributed by atoms with Gasteiger partial charge in [-0.1, -0.05) is 12.1 Å². The molecule has 0 bridgehead atoms. The Morgan fingerprint density at radius 2 is 1.90 bits per heavy atom. The largest absolute Gasteiger partial charge is 0.311 e. The minimum absolute atomic E-state index is 0.00705. The van der Waals surface area contributed by atoms with Gasteiger partial charge in [0, 0.05) is 31.3 Å². The highest BCUT2D eigenvalue weighted by molar-refractivity contribution is 7.89. The van der Waals surface area contributed by atoms with E-state index in [9.17, 15) is 18.0 Å². The number of ketones is 1. The maximum Gasteiger partial charge on any atom is 0.223 e. The van der Waals surface area contributed by atoms with E-state index in [4.69, 9.17) is 0 Å². The summed E-state index contributed by atoms with van der Waals surface area (Å²) in [4.78, 5) is 24.5. The van der Waals surface area contributed by atoms with Crippen LogP contribution in [0.4, 0.5) is 5.69 Å². The van der Waals surface area contributed by atoms with Gasteiger partial charge in [-0.3, -0.25) is 9.59 Å². The van der Waals surface area contributed by atoms with Crippen molar-refractivity contribution in [1.82, 2.24) is 4.72 Å². The van der Waals surface area contributed by atoms with E-state index in [1.165, 1.54) is 18.7 Å². The molecular formula is C14H20N2O4S. The van der Waals surface area contributed by atoms with Gasteiger partial charge in [0.05, 0.1) is 5.75 Å². The molecule has 0 saturated carbocycles. The van der Waals surface area contributed by atoms with E-state index in [2.05, 4.69) is 4.72 Å². The Labute approximate surface area is 125 Å². The van der Waals surface area contributed by atoms with Crippen LogP contribution >= 0.6 is 0 Å². The Morgan fingerprint density at radius 1 is 1.24 bits per heavy atom. The fraction of sp³-hybridized carbons (Fsp3) is 0.429. The molecule has 1 aromatic carbocycles. The SMILES string of the molecule is CCS(=O)(=O)NCCN(C(C)=O)c1cccc(C(C)=O)c1. The minimum atomic E-state index is -3.29. The summed E-state index contributed by atoms with van der Waals surface area (Å²) in [5.41, 5.74) is 1.08. The third-order valence-electron chi connectivity index (χ3n) is 2.98. The molecule has 0 radical (unpaired) electrons. The molecule has 0 aliphatic carbocycles. The second-order valence-electron chi connectivity index (χ2n) is 4.57. The smallest absolute Gasteiger partial charge is 0.223 e. The van der Waals surface area contributed by atoms with Crippen LogP contribution in [0.15, 0.2) is 24.3 Å². The van der Waals surface area contributed by atoms with Crippen LogP contribution in [0.2, 0.25) is 0 Å². The van der Waals surface area contributed by atoms with E-state index in [0.717, 1.165) is 0 Å². The van der Waals surface area contributed by atoms with Crippen molar-refractivity contribution in [1.29, 1.82) is 0 Å². The number of rotatable bonds is 7. The quantitative estimate of drug-likeness (QED) is 0.766. The molecule has 0 aromatic heterocycles. The molecule has 6 nitrogen and oxygen atoms in total. The van der Waals surface area contributed by atoms with E-state index in [0.29, 0.717) is 11.3 Å². The first-order chi connectivity index (χ1) is 9.76. The molecule has 0 fully saturated rings. The molecule has 7 heteroatoms. The second-order valence-corrected chi connectivity index (χ2v) is 6.67. The van der Waals surface area contributed by atoms with Gasteiger partial charge in [0.2, 0.25) is 15.9 Å². The van der Waals surface area contributed by atoms with Gasteiger partial charge in [0.15, 0.2) is 5.78 Å². The van der Waals surface area contributed by atoms with Crippen LogP contribution in [0, 0.1) is 0 Å². The molecule has 0 aliphatic heterocycles. The van der Waals surface area contributed by atoms with E-state index in [1.807, 2.05) is 0 Å². The molecule has 0 spiro atoms. The average molecular weight is 312 g/mol. The minimum Gasteiger partial charge on any atom is -0.311 e. The van der Waals surface area contributed by atoms with Crippen LogP contribution in [0.25, 0.3) is 0 Å². The third kappa shape index (κ3) is 5.28. The fourth-order valence-electron chi connectivity index (χ4n) is 1.78. The Kier molecular flexibility index (Phi) is 6.04. The van der Waals surface area contributed by atoms with E-state index in [1.54, 1.807) is 31.2 Å². The lowest BCUT2D eigenvalue weighted by Gasteiger charge is -2.21. The number of nitrogens with one attached hydrogen (secondary N) is 1. The maximum atomic E-state index is 11.7. The highest BCUT2D eigenvalue weighted by Gasteiger charge is 2.14. The first-order valence-corrected chi connectivity index (χ1v) is 8.28. The molecule has 1 N–H and O–H groups in total. The van der Waals surface area contributed by atoms with Crippen molar-refractivity contribution >= 4 is 27.4 Å². The number of sulfonamides is 1. The summed E-state index contributed by atoms with van der Waals surface area (Å²) in [6.45, 7) is 4.72. The summed E-state index contributed by atoms with van der Waals surface area (Å²) < 4.78 is 25.2. The topological polar surface area (TPSA) is 83.6 Å². The van der Waals surface area contributed by atoms with Crippen LogP contribution in [-0.4, -0.2) is 39.0 Å². The van der Waals surface area contributed by atoms with Crippen molar-refractivity contribution in [2.75, 3.05) is 23.7 Å². The lowest BCUT2D eigenvalue weighted by atomic mass is 10.1. The molecule has 1 aromatic rings. The molecule has 0 saturated heterocycles. The fourth-order valence-corrected chi connectivity index (χ4v) is 2.38. The summed E-state index contributed by atoms with van der Waals surface area (Å²) in [5.74, 6) is -0.314. The number of benzene rings is 1. The Hall–Kier alpha value is -1.73. The predicted octanol–water partition coefficient (Wildman–Crippen LogP) is 1.18. The first kappa shape index (κ1) is 17.3. The van der Waals surface area contributed by atoms with Gasteiger partial charge in [0.1, 0.15) is 0 Å². The third-order valence-corrected chi connectivity index (χ3v) is 4.39. The number of Topliss-reactive ketones (excluding diaryl/α,β-unsaturated/α-hetero) is 1. The molecule has 0 heterocycles. The molecule has 1 amide bonds. The van der Waals surface area contributed by atoms with Gasteiger partial charge in [-0.05, 0) is 26.0 Å². The summed E-state index contributed by atoms with van der Waals surface area (Å²) >= 11 is 0. The molecule has 1 rings (SSSR count). The zero-order chi connectivity index (χ0) is 16.0. The lowest BCUT2D eigenvalue weighted by Crippen LogP contribution is -2.38. The average Bonchev–Trinajstić information content (AvgIpc) is 2.43. The van der Waals surface area contributed by atoms with Gasteiger partial charge in [0.25, 0.3) is 0 Å². The molecule has 0 aliphatic rings. The Bertz CT molecular complexity index is 626. The summed E-state index contributed by atoms with van der Waals surface area (Å²) in [6.07, 6.45) is 0. The van der Waals surface area contributed by atoms with Crippen molar-refractivity contribution in [2.45, 2.75) is 20.8 Å². The van der Waals surface area contributed by atoms with E-state index in [-0.39, 0.29) is 30.5 Å². The van der Waals surface area contributed by atoms with Crippen molar-refractivity contribution in [3.05, 3.63) is 29.8 Å². The van der Waals surface area contributed by atoms with Crippen LogP contribution in [0.5, 0.6) is 0 Å². The maximum absolute atomic E-state index is 11.7. The van der Waals surface area contributed by atoms with Crippen LogP contribution in [-0.2, 0) is 14.8 Å². The number of hydrogen-bond donors (Lipinski definition) is 1. The van der Waals surface area contributed by atoms with E-state index < -0.39 is 10.0 Å². The zero-order valence-electron chi connectivity index (χ0n) is 12.4. The number of carbonyl (C=O) groups excluding carboxylic acids is 2. The predicted molar refractivity (Wildman–Crippen MR) is 81.9 cm³/mol. The Balaban J connectivity index is 2.85. The molecule has 21 heavy (non-hydrogen) atoms. The monoisotopic (exact) mass is 312 g/mol. The van der Waals surface area contributed by atoms with Crippen molar-refractivity contribution in [3.8, 4) is 0 Å². The summed E-state index contributed by atoms with van der Waals surface area (Å²) in [7, 11) is -3.29. The molecule has 116 valence electrons. The second kappa shape index (κ2) is 7.33. The number of anilines is 1. The zero-order valence-corrected chi connectivity index (χ0v) is 13.2. The van der Waals surface area contributed by atoms with Gasteiger partial charge >= 0.3 is 0 Å². The van der Waals surface area contributed by atoms with Crippen molar-refractivity contribution in [3.63, 3.8) is 0 Å². The molecular weight excluding hydrogens is 292 g/mol. The number of amides is 1. The Morgan fingerprint density at radius 3 is 2.43 bits per heavy atom. The first-order valence-electron chi connectivity index (χ1n) is 6.63. The molecule has 0 unspecified atom stereocenters. The van der Waals surface area contributed by atoms with Crippen LogP contribution in [0.1, 0.15) is 31.1 Å². The highest BCUT2D eigenvalue weighted by atomic mass is 32.2. The van der Waals surface area contributed by atoms with Gasteiger partial charge < -0.3 is 4.90 Å². The standard InChI is InChI=1S/C14H20N2O4S/c1-4-21(19,20)15-8-9-16(12(3)18)14-7-5-6-13(10-14)11(2)17/h5-7,10,15H,4,8-9H2,1-3H3. The van der Waals surface area contributed by atoms with Gasteiger partial charge in [-0.2, -0.15) is 0 Å². The molecule has 0 atom stereocenters. The normalized spacial score (nSPS) is 11.2. The van der Waals surface area contributed by atoms with Crippen LogP contribution < -0.4 is 9.62 Å². The van der Waals surface area contributed by atoms with Crippen LogP contribution in [0.3, 0.4) is 0 Å². The van der Waals surface area contributed by atoms with Crippen molar-refractivity contribution in [2.24, 2.45) is 0 Å². The van der Waals surface area contributed by atoms with Crippen molar-refractivity contribution < 1.29 is 18.0 Å². The number of nitrogens with zero attached hydrogens (tertiary/aromatic N) is 1. The van der Waals surface area contributed by atoms with E-state index >= 15 is 0 Å². The van der Waals surface area contributed by atoms with Gasteiger partial charge in [-0.15, -0.1) is 0 Å². The number of hydrogen-bond acceptors (Lipinski definition) is 4. The number of carbonyl (C=O) groups is 2. The summed E-state index contributed by atoms with van der Waals surface area (Å²) in [6, 6.07) is 6.70. The summed E-state index contributed by atoms with van der Waals surface area (Å²) in [5, 5.41) is 0. The van der Waals surface area contributed by atoms with Gasteiger partial charge in [-0.25, -0.2) is 13.1 Å². The highest BCUT2D eigenvalue weighted by Crippen LogP contribution is 2.16.